The van der Waals surface area contributed by atoms with Crippen molar-refractivity contribution in [1.29, 1.82) is 0 Å². The summed E-state index contributed by atoms with van der Waals surface area (Å²) in [5.41, 5.74) is 0. The molecule has 2 saturated heterocycles. The van der Waals surface area contributed by atoms with E-state index in [0.717, 1.165) is 26.1 Å². The fourth-order valence-corrected chi connectivity index (χ4v) is 3.31. The number of hydrogen-bond donors (Lipinski definition) is 1. The van der Waals surface area contributed by atoms with Gasteiger partial charge >= 0.3 is 12.2 Å². The lowest BCUT2D eigenvalue weighted by atomic mass is 10.2. The Kier molecular flexibility index (Phi) is 7.77. The molecule has 2 aliphatic heterocycles. The number of nitrogens with one attached hydrogen (secondary N) is 1. The lowest BCUT2D eigenvalue weighted by Gasteiger charge is -2.35. The predicted octanol–water partition coefficient (Wildman–Crippen LogP) is 1.38. The Morgan fingerprint density at radius 2 is 1.92 bits per heavy atom. The highest BCUT2D eigenvalue weighted by molar-refractivity contribution is 5.74. The fraction of sp³-hybridized carbons (Fsp3) is 0.938. The molecule has 1 N–H and O–H groups in total. The van der Waals surface area contributed by atoms with E-state index in [-0.39, 0.29) is 12.6 Å². The molecular weight excluding hydrogens is 337 g/mol. The van der Waals surface area contributed by atoms with E-state index in [1.54, 1.807) is 0 Å². The lowest BCUT2D eigenvalue weighted by Crippen LogP contribution is -2.53. The van der Waals surface area contributed by atoms with Crippen molar-refractivity contribution in [1.82, 2.24) is 20.0 Å². The standard InChI is InChI=1S/C16H29F3N4O2/c1-21-5-2-4-14(21)12-20-15(24)23-9-7-22(8-10-23)6-3-11-25-13-16(17,18)19/h14H,2-13H2,1H3,(H,20,24). The highest BCUT2D eigenvalue weighted by Crippen LogP contribution is 2.15. The first-order valence-corrected chi connectivity index (χ1v) is 8.95. The van der Waals surface area contributed by atoms with Crippen LogP contribution in [0.4, 0.5) is 18.0 Å². The number of likely N-dealkylation sites (N-methyl/N-ethyl adjacent to an activating group) is 1. The van der Waals surface area contributed by atoms with Gasteiger partial charge in [0.1, 0.15) is 6.61 Å². The third-order valence-electron chi connectivity index (χ3n) is 4.85. The summed E-state index contributed by atoms with van der Waals surface area (Å²) in [6.07, 6.45) is -1.38. The zero-order valence-corrected chi connectivity index (χ0v) is 14.9. The molecule has 2 aliphatic rings. The minimum absolute atomic E-state index is 0.0199. The number of likely N-dealkylation sites (tertiary alicyclic amines) is 1. The van der Waals surface area contributed by atoms with Gasteiger partial charge in [-0.2, -0.15) is 13.2 Å². The SMILES string of the molecule is CN1CCCC1CNC(=O)N1CCN(CCCOCC(F)(F)F)CC1. The van der Waals surface area contributed by atoms with Gasteiger partial charge in [0.05, 0.1) is 0 Å². The summed E-state index contributed by atoms with van der Waals surface area (Å²) < 4.78 is 40.5. The summed E-state index contributed by atoms with van der Waals surface area (Å²) >= 11 is 0. The van der Waals surface area contributed by atoms with Gasteiger partial charge in [-0.05, 0) is 32.9 Å². The molecule has 1 atom stereocenters. The first-order chi connectivity index (χ1) is 11.8. The average molecular weight is 366 g/mol. The number of urea groups is 1. The molecule has 146 valence electrons. The third kappa shape index (κ3) is 7.37. The number of carbonyl (C=O) groups excluding carboxylic acids is 1. The van der Waals surface area contributed by atoms with Crippen molar-refractivity contribution >= 4 is 6.03 Å². The van der Waals surface area contributed by atoms with Crippen molar-refractivity contribution in [3.05, 3.63) is 0 Å². The van der Waals surface area contributed by atoms with E-state index in [0.29, 0.717) is 38.6 Å². The number of piperazine rings is 1. The summed E-state index contributed by atoms with van der Waals surface area (Å²) in [6.45, 7) is 4.18. The van der Waals surface area contributed by atoms with Crippen molar-refractivity contribution in [2.45, 2.75) is 31.5 Å². The Hall–Kier alpha value is -1.06. The van der Waals surface area contributed by atoms with Gasteiger partial charge in [0.2, 0.25) is 0 Å². The first-order valence-electron chi connectivity index (χ1n) is 8.95. The van der Waals surface area contributed by atoms with E-state index < -0.39 is 12.8 Å². The lowest BCUT2D eigenvalue weighted by molar-refractivity contribution is -0.174. The van der Waals surface area contributed by atoms with Crippen molar-refractivity contribution in [3.8, 4) is 0 Å². The van der Waals surface area contributed by atoms with Gasteiger partial charge in [-0.3, -0.25) is 4.90 Å². The molecule has 0 aliphatic carbocycles. The second-order valence-electron chi connectivity index (χ2n) is 6.81. The molecule has 0 aromatic rings. The monoisotopic (exact) mass is 366 g/mol. The minimum Gasteiger partial charge on any atom is -0.372 e. The molecule has 2 heterocycles. The van der Waals surface area contributed by atoms with Gasteiger partial charge in [-0.15, -0.1) is 0 Å². The van der Waals surface area contributed by atoms with E-state index in [9.17, 15) is 18.0 Å². The van der Waals surface area contributed by atoms with Crippen LogP contribution in [-0.4, -0.2) is 99.0 Å². The number of rotatable bonds is 7. The molecule has 0 aromatic heterocycles. The fourth-order valence-electron chi connectivity index (χ4n) is 3.31. The molecule has 1 unspecified atom stereocenters. The van der Waals surface area contributed by atoms with E-state index in [1.165, 1.54) is 6.42 Å². The Morgan fingerprint density at radius 3 is 2.52 bits per heavy atom. The van der Waals surface area contributed by atoms with Crippen LogP contribution in [0.1, 0.15) is 19.3 Å². The third-order valence-corrected chi connectivity index (χ3v) is 4.85. The second kappa shape index (κ2) is 9.59. The van der Waals surface area contributed by atoms with Crippen LogP contribution in [0.25, 0.3) is 0 Å². The highest BCUT2D eigenvalue weighted by Gasteiger charge is 2.27. The molecule has 2 rings (SSSR count). The Labute approximate surface area is 147 Å². The van der Waals surface area contributed by atoms with E-state index >= 15 is 0 Å². The van der Waals surface area contributed by atoms with Crippen molar-refractivity contribution in [2.75, 3.05) is 66.1 Å². The van der Waals surface area contributed by atoms with Crippen LogP contribution in [-0.2, 0) is 4.74 Å². The van der Waals surface area contributed by atoms with E-state index in [2.05, 4.69) is 26.9 Å². The van der Waals surface area contributed by atoms with Gasteiger partial charge in [0, 0.05) is 51.9 Å². The molecule has 0 aromatic carbocycles. The van der Waals surface area contributed by atoms with Crippen LogP contribution in [0.3, 0.4) is 0 Å². The number of ether oxygens (including phenoxy) is 1. The number of nitrogens with zero attached hydrogens (tertiary/aromatic N) is 3. The number of alkyl halides is 3. The summed E-state index contributed by atoms with van der Waals surface area (Å²) in [7, 11) is 2.08. The van der Waals surface area contributed by atoms with E-state index in [4.69, 9.17) is 0 Å². The summed E-state index contributed by atoms with van der Waals surface area (Å²) in [6, 6.07) is 0.412. The van der Waals surface area contributed by atoms with Gasteiger partial charge < -0.3 is 19.9 Å². The smallest absolute Gasteiger partial charge is 0.372 e. The maximum absolute atomic E-state index is 12.2. The number of amides is 2. The molecule has 2 amide bonds. The van der Waals surface area contributed by atoms with Crippen molar-refractivity contribution in [2.24, 2.45) is 0 Å². The highest BCUT2D eigenvalue weighted by atomic mass is 19.4. The molecule has 0 radical (unpaired) electrons. The minimum atomic E-state index is -4.26. The van der Waals surface area contributed by atoms with Gasteiger partial charge in [-0.1, -0.05) is 0 Å². The van der Waals surface area contributed by atoms with Crippen LogP contribution < -0.4 is 5.32 Å². The maximum Gasteiger partial charge on any atom is 0.411 e. The molecular formula is C16H29F3N4O2. The normalized spacial score (nSPS) is 23.2. The van der Waals surface area contributed by atoms with Crippen LogP contribution in [0.15, 0.2) is 0 Å². The first kappa shape index (κ1) is 20.3. The molecule has 0 saturated carbocycles. The molecule has 6 nitrogen and oxygen atoms in total. The zero-order valence-electron chi connectivity index (χ0n) is 14.9. The number of carbonyl (C=O) groups is 1. The number of hydrogen-bond acceptors (Lipinski definition) is 4. The van der Waals surface area contributed by atoms with Crippen LogP contribution in [0.5, 0.6) is 0 Å². The van der Waals surface area contributed by atoms with Crippen molar-refractivity contribution in [3.63, 3.8) is 0 Å². The average Bonchev–Trinajstić information content (AvgIpc) is 2.97. The predicted molar refractivity (Wildman–Crippen MR) is 88.6 cm³/mol. The summed E-state index contributed by atoms with van der Waals surface area (Å²) in [5, 5.41) is 3.01. The Balaban J connectivity index is 1.54. The van der Waals surface area contributed by atoms with Crippen LogP contribution >= 0.6 is 0 Å². The van der Waals surface area contributed by atoms with E-state index in [1.807, 2.05) is 4.90 Å². The molecule has 9 heteroatoms. The largest absolute Gasteiger partial charge is 0.411 e. The maximum atomic E-state index is 12.2. The number of halogens is 3. The van der Waals surface area contributed by atoms with Crippen molar-refractivity contribution < 1.29 is 22.7 Å². The van der Waals surface area contributed by atoms with Gasteiger partial charge in [-0.25, -0.2) is 4.79 Å². The summed E-state index contributed by atoms with van der Waals surface area (Å²) in [5.74, 6) is 0. The summed E-state index contributed by atoms with van der Waals surface area (Å²) in [4.78, 5) is 18.5. The van der Waals surface area contributed by atoms with Gasteiger partial charge in [0.15, 0.2) is 0 Å². The Bertz CT molecular complexity index is 415. The van der Waals surface area contributed by atoms with Gasteiger partial charge in [0.25, 0.3) is 0 Å². The molecule has 0 spiro atoms. The zero-order chi connectivity index (χ0) is 18.3. The topological polar surface area (TPSA) is 48.1 Å². The quantitative estimate of drug-likeness (QED) is 0.692. The van der Waals surface area contributed by atoms with Crippen LogP contribution in [0, 0.1) is 0 Å². The second-order valence-corrected chi connectivity index (χ2v) is 6.81. The molecule has 0 bridgehead atoms. The van der Waals surface area contributed by atoms with Crippen LogP contribution in [0.2, 0.25) is 0 Å². The Morgan fingerprint density at radius 1 is 1.20 bits per heavy atom. The molecule has 25 heavy (non-hydrogen) atoms. The molecule has 2 fully saturated rings.